The first-order chi connectivity index (χ1) is 9.66. The number of aryl methyl sites for hydroxylation is 1. The van der Waals surface area contributed by atoms with Crippen molar-refractivity contribution < 1.29 is 4.74 Å². The van der Waals surface area contributed by atoms with E-state index in [0.29, 0.717) is 0 Å². The summed E-state index contributed by atoms with van der Waals surface area (Å²) >= 11 is 0. The van der Waals surface area contributed by atoms with Crippen LogP contribution >= 0.6 is 0 Å². The zero-order valence-corrected chi connectivity index (χ0v) is 12.5. The number of para-hydroxylation sites is 1. The minimum Gasteiger partial charge on any atom is -0.491 e. The maximum Gasteiger partial charge on any atom is 0.124 e. The highest BCUT2D eigenvalue weighted by atomic mass is 16.5. The third-order valence-electron chi connectivity index (χ3n) is 3.23. The lowest BCUT2D eigenvalue weighted by atomic mass is 10.1. The number of ether oxygens (including phenoxy) is 1. The summed E-state index contributed by atoms with van der Waals surface area (Å²) in [5.41, 5.74) is 3.87. The molecule has 0 radical (unpaired) electrons. The number of hydrogen-bond donors (Lipinski definition) is 1. The molecule has 2 aromatic rings. The van der Waals surface area contributed by atoms with Crippen LogP contribution in [-0.2, 0) is 13.1 Å². The molecule has 0 heterocycles. The molecule has 0 saturated heterocycles. The van der Waals surface area contributed by atoms with Crippen molar-refractivity contribution in [1.29, 1.82) is 0 Å². The molecule has 0 amide bonds. The molecule has 0 aliphatic heterocycles. The molecule has 20 heavy (non-hydrogen) atoms. The molecule has 0 bridgehead atoms. The fourth-order valence-electron chi connectivity index (χ4n) is 2.16. The highest BCUT2D eigenvalue weighted by Crippen LogP contribution is 2.19. The normalized spacial score (nSPS) is 10.8. The summed E-state index contributed by atoms with van der Waals surface area (Å²) in [4.78, 5) is 0. The fourth-order valence-corrected chi connectivity index (χ4v) is 2.16. The molecule has 2 nitrogen and oxygen atoms in total. The Bertz CT molecular complexity index is 549. The Morgan fingerprint density at radius 3 is 2.20 bits per heavy atom. The molecule has 2 heteroatoms. The molecule has 106 valence electrons. The predicted molar refractivity (Wildman–Crippen MR) is 83.9 cm³/mol. The van der Waals surface area contributed by atoms with Crippen LogP contribution in [0, 0.1) is 6.92 Å². The van der Waals surface area contributed by atoms with Gasteiger partial charge in [0, 0.05) is 18.7 Å². The minimum absolute atomic E-state index is 0.201. The van der Waals surface area contributed by atoms with E-state index >= 15 is 0 Å². The Morgan fingerprint density at radius 2 is 1.50 bits per heavy atom. The summed E-state index contributed by atoms with van der Waals surface area (Å²) in [6.07, 6.45) is 0.201. The molecule has 0 fully saturated rings. The number of rotatable bonds is 6. The van der Waals surface area contributed by atoms with Crippen molar-refractivity contribution in [2.24, 2.45) is 0 Å². The maximum absolute atomic E-state index is 5.83. The van der Waals surface area contributed by atoms with Gasteiger partial charge in [-0.25, -0.2) is 0 Å². The van der Waals surface area contributed by atoms with Gasteiger partial charge in [-0.3, -0.25) is 0 Å². The van der Waals surface area contributed by atoms with Crippen molar-refractivity contribution in [2.75, 3.05) is 0 Å². The van der Waals surface area contributed by atoms with Crippen molar-refractivity contribution >= 4 is 0 Å². The van der Waals surface area contributed by atoms with E-state index in [9.17, 15) is 0 Å². The van der Waals surface area contributed by atoms with Crippen LogP contribution in [0.1, 0.15) is 30.5 Å². The standard InChI is InChI=1S/C18H23NO/c1-14(2)20-18-11-7-6-10-17(18)13-19-12-16-9-5-4-8-15(16)3/h4-11,14,19H,12-13H2,1-3H3. The molecule has 0 unspecified atom stereocenters. The second kappa shape index (κ2) is 7.11. The van der Waals surface area contributed by atoms with E-state index < -0.39 is 0 Å². The van der Waals surface area contributed by atoms with Crippen LogP contribution < -0.4 is 10.1 Å². The predicted octanol–water partition coefficient (Wildman–Crippen LogP) is 4.07. The number of hydrogen-bond acceptors (Lipinski definition) is 2. The highest BCUT2D eigenvalue weighted by Gasteiger charge is 2.04. The molecule has 1 N–H and O–H groups in total. The Balaban J connectivity index is 1.96. The van der Waals surface area contributed by atoms with Gasteiger partial charge in [0.25, 0.3) is 0 Å². The summed E-state index contributed by atoms with van der Waals surface area (Å²) in [6, 6.07) is 16.7. The molecular formula is C18H23NO. The summed E-state index contributed by atoms with van der Waals surface area (Å²) in [5, 5.41) is 3.49. The molecule has 0 saturated carbocycles. The lowest BCUT2D eigenvalue weighted by Gasteiger charge is -2.15. The largest absolute Gasteiger partial charge is 0.491 e. The molecule has 2 rings (SSSR count). The zero-order valence-electron chi connectivity index (χ0n) is 12.5. The SMILES string of the molecule is Cc1ccccc1CNCc1ccccc1OC(C)C. The van der Waals surface area contributed by atoms with Gasteiger partial charge in [-0.2, -0.15) is 0 Å². The van der Waals surface area contributed by atoms with Crippen molar-refractivity contribution in [3.8, 4) is 5.75 Å². The molecule has 0 spiro atoms. The van der Waals surface area contributed by atoms with E-state index in [1.807, 2.05) is 12.1 Å². The van der Waals surface area contributed by atoms with Gasteiger partial charge in [-0.15, -0.1) is 0 Å². The van der Waals surface area contributed by atoms with E-state index in [0.717, 1.165) is 18.8 Å². The van der Waals surface area contributed by atoms with E-state index in [-0.39, 0.29) is 6.10 Å². The van der Waals surface area contributed by atoms with Gasteiger partial charge in [-0.05, 0) is 38.0 Å². The molecular weight excluding hydrogens is 246 g/mol. The lowest BCUT2D eigenvalue weighted by Crippen LogP contribution is -2.15. The second-order valence-corrected chi connectivity index (χ2v) is 5.30. The monoisotopic (exact) mass is 269 g/mol. The molecule has 2 aromatic carbocycles. The van der Waals surface area contributed by atoms with Crippen LogP contribution in [0.3, 0.4) is 0 Å². The van der Waals surface area contributed by atoms with Gasteiger partial charge < -0.3 is 10.1 Å². The second-order valence-electron chi connectivity index (χ2n) is 5.30. The Morgan fingerprint density at radius 1 is 0.900 bits per heavy atom. The first-order valence-electron chi connectivity index (χ1n) is 7.16. The van der Waals surface area contributed by atoms with Gasteiger partial charge in [0.1, 0.15) is 5.75 Å². The summed E-state index contributed by atoms with van der Waals surface area (Å²) < 4.78 is 5.83. The Kier molecular flexibility index (Phi) is 5.19. The van der Waals surface area contributed by atoms with Gasteiger partial charge in [0.15, 0.2) is 0 Å². The van der Waals surface area contributed by atoms with Crippen LogP contribution in [0.4, 0.5) is 0 Å². The topological polar surface area (TPSA) is 21.3 Å². The smallest absolute Gasteiger partial charge is 0.124 e. The molecule has 0 atom stereocenters. The Labute approximate surface area is 121 Å². The molecule has 0 aliphatic rings. The van der Waals surface area contributed by atoms with Crippen molar-refractivity contribution in [3.05, 3.63) is 65.2 Å². The third kappa shape index (κ3) is 4.10. The van der Waals surface area contributed by atoms with Crippen molar-refractivity contribution in [3.63, 3.8) is 0 Å². The minimum atomic E-state index is 0.201. The van der Waals surface area contributed by atoms with Crippen LogP contribution in [0.15, 0.2) is 48.5 Å². The fraction of sp³-hybridized carbons (Fsp3) is 0.333. The number of nitrogens with one attached hydrogen (secondary N) is 1. The average Bonchev–Trinajstić information content (AvgIpc) is 2.42. The van der Waals surface area contributed by atoms with E-state index in [1.165, 1.54) is 16.7 Å². The Hall–Kier alpha value is -1.80. The third-order valence-corrected chi connectivity index (χ3v) is 3.23. The van der Waals surface area contributed by atoms with Crippen molar-refractivity contribution in [1.82, 2.24) is 5.32 Å². The summed E-state index contributed by atoms with van der Waals surface area (Å²) in [6.45, 7) is 7.95. The van der Waals surface area contributed by atoms with Crippen LogP contribution in [0.2, 0.25) is 0 Å². The van der Waals surface area contributed by atoms with E-state index in [4.69, 9.17) is 4.74 Å². The van der Waals surface area contributed by atoms with E-state index in [1.54, 1.807) is 0 Å². The van der Waals surface area contributed by atoms with Crippen LogP contribution in [-0.4, -0.2) is 6.10 Å². The van der Waals surface area contributed by atoms with E-state index in [2.05, 4.69) is 62.5 Å². The first-order valence-corrected chi connectivity index (χ1v) is 7.16. The van der Waals surface area contributed by atoms with Gasteiger partial charge >= 0.3 is 0 Å². The summed E-state index contributed by atoms with van der Waals surface area (Å²) in [7, 11) is 0. The van der Waals surface area contributed by atoms with Crippen LogP contribution in [0.25, 0.3) is 0 Å². The quantitative estimate of drug-likeness (QED) is 0.853. The first kappa shape index (κ1) is 14.6. The zero-order chi connectivity index (χ0) is 14.4. The molecule has 0 aromatic heterocycles. The summed E-state index contributed by atoms with van der Waals surface area (Å²) in [5.74, 6) is 0.972. The van der Waals surface area contributed by atoms with Crippen LogP contribution in [0.5, 0.6) is 5.75 Å². The average molecular weight is 269 g/mol. The van der Waals surface area contributed by atoms with Gasteiger partial charge in [0.2, 0.25) is 0 Å². The number of benzene rings is 2. The van der Waals surface area contributed by atoms with Gasteiger partial charge in [-0.1, -0.05) is 42.5 Å². The molecule has 0 aliphatic carbocycles. The lowest BCUT2D eigenvalue weighted by molar-refractivity contribution is 0.239. The maximum atomic E-state index is 5.83. The van der Waals surface area contributed by atoms with Crippen molar-refractivity contribution in [2.45, 2.75) is 40.0 Å². The highest BCUT2D eigenvalue weighted by molar-refractivity contribution is 5.33. The van der Waals surface area contributed by atoms with Gasteiger partial charge in [0.05, 0.1) is 6.10 Å².